The normalized spacial score (nSPS) is 17.0. The quantitative estimate of drug-likeness (QED) is 0.704. The van der Waals surface area contributed by atoms with Gasteiger partial charge in [0.25, 0.3) is 0 Å². The van der Waals surface area contributed by atoms with Gasteiger partial charge in [0.15, 0.2) is 0 Å². The number of piperazine rings is 1. The average molecular weight is 398 g/mol. The zero-order chi connectivity index (χ0) is 19.7. The van der Waals surface area contributed by atoms with Crippen molar-refractivity contribution in [1.29, 1.82) is 0 Å². The number of rotatable bonds is 3. The summed E-state index contributed by atoms with van der Waals surface area (Å²) >= 11 is 1.55. The van der Waals surface area contributed by atoms with Crippen LogP contribution in [0.5, 0.6) is 5.75 Å². The van der Waals surface area contributed by atoms with Gasteiger partial charge in [-0.3, -0.25) is 0 Å². The van der Waals surface area contributed by atoms with Crippen molar-refractivity contribution in [2.45, 2.75) is 13.0 Å². The van der Waals surface area contributed by atoms with Crippen molar-refractivity contribution in [2.75, 3.05) is 42.7 Å². The maximum absolute atomic E-state index is 12.7. The standard InChI is InChI=1S/C19H22N6O2S/c1-12-11-24(19(26)21-13-3-5-14(27-2)6-4-13)8-9-25(12)16-15-7-10-28-17(15)23-18(20)22-16/h3-7,10,12H,8-9,11H2,1-2H3,(H,21,26)(H2,20,22,23)/t12-/m1/s1. The number of hydrogen-bond acceptors (Lipinski definition) is 7. The second-order valence-electron chi connectivity index (χ2n) is 6.69. The Morgan fingerprint density at radius 1 is 1.25 bits per heavy atom. The van der Waals surface area contributed by atoms with Crippen LogP contribution in [0, 0.1) is 0 Å². The zero-order valence-electron chi connectivity index (χ0n) is 15.8. The molecule has 1 atom stereocenters. The van der Waals surface area contributed by atoms with E-state index >= 15 is 0 Å². The average Bonchev–Trinajstić information content (AvgIpc) is 3.16. The van der Waals surface area contributed by atoms with Gasteiger partial charge in [0.2, 0.25) is 5.95 Å². The van der Waals surface area contributed by atoms with Crippen molar-refractivity contribution in [2.24, 2.45) is 0 Å². The lowest BCUT2D eigenvalue weighted by atomic mass is 10.2. The van der Waals surface area contributed by atoms with Crippen LogP contribution in [0.3, 0.4) is 0 Å². The lowest BCUT2D eigenvalue weighted by Crippen LogP contribution is -2.55. The Bertz CT molecular complexity index is 990. The third kappa shape index (κ3) is 3.53. The Balaban J connectivity index is 1.45. The monoisotopic (exact) mass is 398 g/mol. The minimum Gasteiger partial charge on any atom is -0.497 e. The minimum absolute atomic E-state index is 0.104. The van der Waals surface area contributed by atoms with Crippen molar-refractivity contribution >= 4 is 45.0 Å². The number of fused-ring (bicyclic) bond motifs is 1. The first-order valence-electron chi connectivity index (χ1n) is 9.02. The van der Waals surface area contributed by atoms with E-state index in [0.717, 1.165) is 27.5 Å². The number of nitrogens with zero attached hydrogens (tertiary/aromatic N) is 4. The molecule has 1 fully saturated rings. The van der Waals surface area contributed by atoms with Crippen molar-refractivity contribution in [3.63, 3.8) is 0 Å². The van der Waals surface area contributed by atoms with Crippen LogP contribution in [0.15, 0.2) is 35.7 Å². The van der Waals surface area contributed by atoms with Crippen molar-refractivity contribution in [3.05, 3.63) is 35.7 Å². The number of nitrogens with two attached hydrogens (primary N) is 1. The summed E-state index contributed by atoms with van der Waals surface area (Å²) in [5.74, 6) is 1.87. The maximum Gasteiger partial charge on any atom is 0.321 e. The topological polar surface area (TPSA) is 96.6 Å². The Morgan fingerprint density at radius 2 is 2.04 bits per heavy atom. The molecule has 0 radical (unpaired) electrons. The molecule has 0 aliphatic carbocycles. The first-order valence-corrected chi connectivity index (χ1v) is 9.90. The number of hydrogen-bond donors (Lipinski definition) is 2. The number of nitrogens with one attached hydrogen (secondary N) is 1. The van der Waals surface area contributed by atoms with Crippen LogP contribution in [0.1, 0.15) is 6.92 Å². The number of nitrogen functional groups attached to an aromatic ring is 1. The molecule has 0 bridgehead atoms. The number of amides is 2. The second-order valence-corrected chi connectivity index (χ2v) is 7.59. The third-order valence-corrected chi connectivity index (χ3v) is 5.66. The molecule has 3 aromatic rings. The number of anilines is 3. The van der Waals surface area contributed by atoms with Crippen LogP contribution in [-0.4, -0.2) is 53.7 Å². The number of carbonyl (C=O) groups excluding carboxylic acids is 1. The molecular weight excluding hydrogens is 376 g/mol. The van der Waals surface area contributed by atoms with E-state index in [9.17, 15) is 4.79 Å². The highest BCUT2D eigenvalue weighted by Gasteiger charge is 2.29. The van der Waals surface area contributed by atoms with E-state index in [2.05, 4.69) is 27.1 Å². The molecule has 8 nitrogen and oxygen atoms in total. The molecule has 4 rings (SSSR count). The molecule has 3 heterocycles. The molecule has 1 aromatic carbocycles. The summed E-state index contributed by atoms with van der Waals surface area (Å²) in [6.45, 7) is 3.96. The molecule has 0 spiro atoms. The van der Waals surface area contributed by atoms with Crippen molar-refractivity contribution < 1.29 is 9.53 Å². The highest BCUT2D eigenvalue weighted by atomic mass is 32.1. The fourth-order valence-electron chi connectivity index (χ4n) is 3.41. The van der Waals surface area contributed by atoms with E-state index in [1.54, 1.807) is 18.4 Å². The highest BCUT2D eigenvalue weighted by molar-refractivity contribution is 7.16. The van der Waals surface area contributed by atoms with Crippen molar-refractivity contribution in [3.8, 4) is 5.75 Å². The van der Waals surface area contributed by atoms with Gasteiger partial charge in [0.05, 0.1) is 12.5 Å². The molecule has 2 amide bonds. The zero-order valence-corrected chi connectivity index (χ0v) is 16.6. The van der Waals surface area contributed by atoms with E-state index in [0.29, 0.717) is 19.6 Å². The highest BCUT2D eigenvalue weighted by Crippen LogP contribution is 2.30. The van der Waals surface area contributed by atoms with Crippen LogP contribution in [0.2, 0.25) is 0 Å². The smallest absolute Gasteiger partial charge is 0.321 e. The van der Waals surface area contributed by atoms with E-state index in [1.165, 1.54) is 0 Å². The van der Waals surface area contributed by atoms with Crippen LogP contribution < -0.4 is 20.7 Å². The first kappa shape index (κ1) is 18.3. The van der Waals surface area contributed by atoms with Gasteiger partial charge in [-0.15, -0.1) is 11.3 Å². The van der Waals surface area contributed by atoms with Crippen LogP contribution >= 0.6 is 11.3 Å². The van der Waals surface area contributed by atoms with Gasteiger partial charge in [-0.05, 0) is 42.6 Å². The van der Waals surface area contributed by atoms with E-state index in [-0.39, 0.29) is 18.0 Å². The number of methoxy groups -OCH3 is 1. The Hall–Kier alpha value is -3.07. The van der Waals surface area contributed by atoms with Gasteiger partial charge in [0.1, 0.15) is 16.4 Å². The summed E-state index contributed by atoms with van der Waals surface area (Å²) in [5.41, 5.74) is 6.63. The molecular formula is C19H22N6O2S. The molecule has 28 heavy (non-hydrogen) atoms. The van der Waals surface area contributed by atoms with Crippen LogP contribution in [0.25, 0.3) is 10.2 Å². The predicted molar refractivity (Wildman–Crippen MR) is 112 cm³/mol. The minimum atomic E-state index is -0.112. The third-order valence-electron chi connectivity index (χ3n) is 4.85. The second kappa shape index (κ2) is 7.51. The largest absolute Gasteiger partial charge is 0.497 e. The fraction of sp³-hybridized carbons (Fsp3) is 0.316. The van der Waals surface area contributed by atoms with Crippen LogP contribution in [0.4, 0.5) is 22.2 Å². The molecule has 2 aromatic heterocycles. The van der Waals surface area contributed by atoms with E-state index < -0.39 is 0 Å². The van der Waals surface area contributed by atoms with E-state index in [4.69, 9.17) is 10.5 Å². The first-order chi connectivity index (χ1) is 13.5. The van der Waals surface area contributed by atoms with Gasteiger partial charge in [-0.2, -0.15) is 4.98 Å². The predicted octanol–water partition coefficient (Wildman–Crippen LogP) is 3.02. The summed E-state index contributed by atoms with van der Waals surface area (Å²) in [6, 6.07) is 9.31. The molecule has 146 valence electrons. The molecule has 1 aliphatic rings. The SMILES string of the molecule is COc1ccc(NC(=O)N2CCN(c3nc(N)nc4sccc34)[C@H](C)C2)cc1. The van der Waals surface area contributed by atoms with Crippen molar-refractivity contribution in [1.82, 2.24) is 14.9 Å². The summed E-state index contributed by atoms with van der Waals surface area (Å²) in [7, 11) is 1.61. The molecule has 9 heteroatoms. The summed E-state index contributed by atoms with van der Waals surface area (Å²) in [6.07, 6.45) is 0. The summed E-state index contributed by atoms with van der Waals surface area (Å²) in [4.78, 5) is 26.3. The fourth-order valence-corrected chi connectivity index (χ4v) is 4.17. The Morgan fingerprint density at radius 3 is 2.75 bits per heavy atom. The number of benzene rings is 1. The summed E-state index contributed by atoms with van der Waals surface area (Å²) < 4.78 is 5.14. The lowest BCUT2D eigenvalue weighted by molar-refractivity contribution is 0.200. The number of ether oxygens (including phenoxy) is 1. The molecule has 3 N–H and O–H groups in total. The Kier molecular flexibility index (Phi) is 4.91. The number of carbonyl (C=O) groups is 1. The van der Waals surface area contributed by atoms with Gasteiger partial charge in [-0.25, -0.2) is 9.78 Å². The molecule has 1 saturated heterocycles. The van der Waals surface area contributed by atoms with Gasteiger partial charge in [-0.1, -0.05) is 0 Å². The lowest BCUT2D eigenvalue weighted by Gasteiger charge is -2.40. The van der Waals surface area contributed by atoms with Crippen LogP contribution in [-0.2, 0) is 0 Å². The van der Waals surface area contributed by atoms with E-state index in [1.807, 2.05) is 40.6 Å². The summed E-state index contributed by atoms with van der Waals surface area (Å²) in [5, 5.41) is 5.94. The number of thiophene rings is 1. The van der Waals surface area contributed by atoms with Gasteiger partial charge >= 0.3 is 6.03 Å². The number of urea groups is 1. The van der Waals surface area contributed by atoms with Gasteiger partial charge in [0, 0.05) is 31.4 Å². The Labute approximate surface area is 166 Å². The maximum atomic E-state index is 12.7. The molecule has 0 saturated carbocycles. The number of aromatic nitrogens is 2. The van der Waals surface area contributed by atoms with Gasteiger partial charge < -0.3 is 25.6 Å². The molecule has 0 unspecified atom stereocenters. The molecule has 1 aliphatic heterocycles.